The summed E-state index contributed by atoms with van der Waals surface area (Å²) in [6, 6.07) is 10.1. The highest BCUT2D eigenvalue weighted by Gasteiger charge is 2.41. The van der Waals surface area contributed by atoms with Gasteiger partial charge in [-0.05, 0) is 30.2 Å². The number of hydrogen-bond donors (Lipinski definition) is 2. The number of carbonyl (C=O) groups is 1. The Morgan fingerprint density at radius 2 is 1.92 bits per heavy atom. The van der Waals surface area contributed by atoms with Crippen molar-refractivity contribution in [1.82, 2.24) is 15.5 Å². The van der Waals surface area contributed by atoms with Crippen LogP contribution in [0.3, 0.4) is 0 Å². The van der Waals surface area contributed by atoms with Crippen LogP contribution in [-0.2, 0) is 16.1 Å². The molecular weight excluding hydrogens is 443 g/mol. The van der Waals surface area contributed by atoms with Gasteiger partial charge in [-0.1, -0.05) is 30.3 Å². The van der Waals surface area contributed by atoms with E-state index in [2.05, 4.69) is 15.6 Å². The van der Waals surface area contributed by atoms with Gasteiger partial charge in [-0.15, -0.1) is 24.0 Å². The third-order valence-electron chi connectivity index (χ3n) is 4.59. The van der Waals surface area contributed by atoms with Crippen molar-refractivity contribution in [3.63, 3.8) is 0 Å². The van der Waals surface area contributed by atoms with Crippen molar-refractivity contribution in [3.05, 3.63) is 35.9 Å². The van der Waals surface area contributed by atoms with E-state index in [1.807, 2.05) is 30.3 Å². The summed E-state index contributed by atoms with van der Waals surface area (Å²) in [4.78, 5) is 18.0. The summed E-state index contributed by atoms with van der Waals surface area (Å²) in [5, 5.41) is 6.55. The average Bonchev–Trinajstić information content (AvgIpc) is 3.40. The van der Waals surface area contributed by atoms with E-state index < -0.39 is 0 Å². The SMILES string of the molecule is COCCC1(CNC(=NCc2ccccc2)NCC(=O)N(C)C)CC1.I. The molecule has 1 aromatic carbocycles. The Morgan fingerprint density at radius 1 is 1.23 bits per heavy atom. The molecule has 0 unspecified atom stereocenters. The molecule has 0 heterocycles. The van der Waals surface area contributed by atoms with Crippen LogP contribution in [0.25, 0.3) is 0 Å². The van der Waals surface area contributed by atoms with Gasteiger partial charge in [0, 0.05) is 34.4 Å². The highest BCUT2D eigenvalue weighted by Crippen LogP contribution is 2.48. The number of amides is 1. The van der Waals surface area contributed by atoms with Gasteiger partial charge in [0.15, 0.2) is 5.96 Å². The number of aliphatic imine (C=N–C) groups is 1. The summed E-state index contributed by atoms with van der Waals surface area (Å²) >= 11 is 0. The van der Waals surface area contributed by atoms with Crippen LogP contribution in [-0.4, -0.2) is 57.7 Å². The second-order valence-electron chi connectivity index (χ2n) is 6.89. The van der Waals surface area contributed by atoms with Gasteiger partial charge in [-0.3, -0.25) is 4.79 Å². The number of benzene rings is 1. The Kier molecular flexibility index (Phi) is 9.93. The molecule has 6 nitrogen and oxygen atoms in total. The topological polar surface area (TPSA) is 66.0 Å². The van der Waals surface area contributed by atoms with Crippen molar-refractivity contribution >= 4 is 35.8 Å². The number of halogens is 1. The Morgan fingerprint density at radius 3 is 2.50 bits per heavy atom. The van der Waals surface area contributed by atoms with Gasteiger partial charge in [0.05, 0.1) is 13.1 Å². The molecular formula is C19H31IN4O2. The molecule has 2 rings (SSSR count). The first kappa shape index (κ1) is 22.7. The second-order valence-corrected chi connectivity index (χ2v) is 6.89. The lowest BCUT2D eigenvalue weighted by molar-refractivity contribution is -0.127. The van der Waals surface area contributed by atoms with Gasteiger partial charge in [-0.25, -0.2) is 4.99 Å². The fourth-order valence-corrected chi connectivity index (χ4v) is 2.53. The van der Waals surface area contributed by atoms with E-state index in [9.17, 15) is 4.79 Å². The molecule has 1 aliphatic rings. The number of carbonyl (C=O) groups excluding carboxylic acids is 1. The number of hydrogen-bond acceptors (Lipinski definition) is 3. The van der Waals surface area contributed by atoms with Crippen molar-refractivity contribution < 1.29 is 9.53 Å². The van der Waals surface area contributed by atoms with E-state index >= 15 is 0 Å². The third-order valence-corrected chi connectivity index (χ3v) is 4.59. The first-order valence-corrected chi connectivity index (χ1v) is 8.80. The van der Waals surface area contributed by atoms with Crippen molar-refractivity contribution in [2.75, 3.05) is 40.9 Å². The van der Waals surface area contributed by atoms with E-state index in [0.29, 0.717) is 17.9 Å². The van der Waals surface area contributed by atoms with Crippen molar-refractivity contribution in [2.45, 2.75) is 25.8 Å². The molecule has 0 radical (unpaired) electrons. The van der Waals surface area contributed by atoms with Crippen LogP contribution in [0.15, 0.2) is 35.3 Å². The number of nitrogens with zero attached hydrogens (tertiary/aromatic N) is 2. The maximum absolute atomic E-state index is 11.8. The Labute approximate surface area is 173 Å². The molecule has 0 aliphatic heterocycles. The van der Waals surface area contributed by atoms with Crippen LogP contribution in [0, 0.1) is 5.41 Å². The highest BCUT2D eigenvalue weighted by molar-refractivity contribution is 14.0. The number of ether oxygens (including phenoxy) is 1. The van der Waals surface area contributed by atoms with E-state index in [-0.39, 0.29) is 36.4 Å². The van der Waals surface area contributed by atoms with Crippen LogP contribution in [0.4, 0.5) is 0 Å². The number of guanidine groups is 1. The van der Waals surface area contributed by atoms with Gasteiger partial charge in [0.2, 0.25) is 5.91 Å². The quantitative estimate of drug-likeness (QED) is 0.328. The lowest BCUT2D eigenvalue weighted by Crippen LogP contribution is -2.44. The zero-order valence-corrected chi connectivity index (χ0v) is 18.3. The van der Waals surface area contributed by atoms with E-state index in [1.165, 1.54) is 12.8 Å². The molecule has 7 heteroatoms. The molecule has 146 valence electrons. The predicted molar refractivity (Wildman–Crippen MR) is 116 cm³/mol. The number of methoxy groups -OCH3 is 1. The van der Waals surface area contributed by atoms with Crippen molar-refractivity contribution in [1.29, 1.82) is 0 Å². The summed E-state index contributed by atoms with van der Waals surface area (Å²) in [5.74, 6) is 0.706. The normalized spacial score (nSPS) is 15.0. The highest BCUT2D eigenvalue weighted by atomic mass is 127. The summed E-state index contributed by atoms with van der Waals surface area (Å²) in [5.41, 5.74) is 1.46. The molecule has 1 aromatic rings. The van der Waals surface area contributed by atoms with Crippen LogP contribution in [0.2, 0.25) is 0 Å². The maximum atomic E-state index is 11.8. The van der Waals surface area contributed by atoms with E-state index in [4.69, 9.17) is 4.74 Å². The van der Waals surface area contributed by atoms with Crippen molar-refractivity contribution in [3.8, 4) is 0 Å². The monoisotopic (exact) mass is 474 g/mol. The fourth-order valence-electron chi connectivity index (χ4n) is 2.53. The summed E-state index contributed by atoms with van der Waals surface area (Å²) in [6.45, 7) is 2.45. The number of nitrogens with one attached hydrogen (secondary N) is 2. The van der Waals surface area contributed by atoms with Gasteiger partial charge in [0.1, 0.15) is 0 Å². The molecule has 1 saturated carbocycles. The van der Waals surface area contributed by atoms with E-state index in [0.717, 1.165) is 25.1 Å². The van der Waals surface area contributed by atoms with Gasteiger partial charge < -0.3 is 20.3 Å². The molecule has 0 bridgehead atoms. The molecule has 0 saturated heterocycles. The number of likely N-dealkylation sites (N-methyl/N-ethyl adjacent to an activating group) is 1. The molecule has 0 atom stereocenters. The molecule has 0 aromatic heterocycles. The third kappa shape index (κ3) is 7.90. The Balaban J connectivity index is 0.00000338. The average molecular weight is 474 g/mol. The minimum Gasteiger partial charge on any atom is -0.385 e. The molecule has 0 spiro atoms. The fraction of sp³-hybridized carbons (Fsp3) is 0.579. The summed E-state index contributed by atoms with van der Waals surface area (Å²) < 4.78 is 5.21. The van der Waals surface area contributed by atoms with Crippen LogP contribution in [0.5, 0.6) is 0 Å². The summed E-state index contributed by atoms with van der Waals surface area (Å²) in [7, 11) is 5.25. The Hall–Kier alpha value is -1.35. The minimum absolute atomic E-state index is 0. The molecule has 1 aliphatic carbocycles. The Bertz CT molecular complexity index is 574. The lowest BCUT2D eigenvalue weighted by Gasteiger charge is -2.19. The van der Waals surface area contributed by atoms with Crippen molar-refractivity contribution in [2.24, 2.45) is 10.4 Å². The van der Waals surface area contributed by atoms with Crippen LogP contribution >= 0.6 is 24.0 Å². The zero-order valence-electron chi connectivity index (χ0n) is 16.0. The van der Waals surface area contributed by atoms with Gasteiger partial charge in [0.25, 0.3) is 0 Å². The standard InChI is InChI=1S/C19H30N4O2.HI/c1-23(2)17(24)14-21-18(20-13-16-7-5-4-6-8-16)22-15-19(9-10-19)11-12-25-3;/h4-8H,9-15H2,1-3H3,(H2,20,21,22);1H. The lowest BCUT2D eigenvalue weighted by atomic mass is 10.0. The molecule has 1 amide bonds. The molecule has 26 heavy (non-hydrogen) atoms. The smallest absolute Gasteiger partial charge is 0.241 e. The second kappa shape index (κ2) is 11.4. The van der Waals surface area contributed by atoms with Gasteiger partial charge in [-0.2, -0.15) is 0 Å². The first-order valence-electron chi connectivity index (χ1n) is 8.80. The molecule has 2 N–H and O–H groups in total. The first-order chi connectivity index (χ1) is 12.0. The summed E-state index contributed by atoms with van der Waals surface area (Å²) in [6.07, 6.45) is 3.48. The molecule has 1 fully saturated rings. The largest absolute Gasteiger partial charge is 0.385 e. The van der Waals surface area contributed by atoms with Crippen LogP contribution < -0.4 is 10.6 Å². The van der Waals surface area contributed by atoms with Gasteiger partial charge >= 0.3 is 0 Å². The zero-order chi connectivity index (χ0) is 18.1. The maximum Gasteiger partial charge on any atom is 0.241 e. The number of rotatable bonds is 9. The van der Waals surface area contributed by atoms with E-state index in [1.54, 1.807) is 26.1 Å². The predicted octanol–water partition coefficient (Wildman–Crippen LogP) is 2.24. The minimum atomic E-state index is 0. The van der Waals surface area contributed by atoms with Crippen LogP contribution in [0.1, 0.15) is 24.8 Å².